The van der Waals surface area contributed by atoms with E-state index in [1.807, 2.05) is 30.3 Å². The number of fused-ring (bicyclic) bond motifs is 9. The number of aromatic nitrogens is 3. The molecule has 0 atom stereocenters. The van der Waals surface area contributed by atoms with Gasteiger partial charge in [0.25, 0.3) is 0 Å². The summed E-state index contributed by atoms with van der Waals surface area (Å²) >= 11 is 0. The maximum absolute atomic E-state index is 6.75. The number of hydrogen-bond acceptors (Lipinski definition) is 4. The first-order chi connectivity index (χ1) is 26.3. The molecule has 4 heteroatoms. The van der Waals surface area contributed by atoms with Crippen molar-refractivity contribution in [3.8, 4) is 45.3 Å². The minimum Gasteiger partial charge on any atom is -0.455 e. The standard InChI is InChI=1S/C49H29N3O/c1-2-15-32(16-3-1)47-50-48(52-49(51-47)42-29-33-26-25-31-14-5-7-19-35(31)44(33)38-21-9-8-20-37(38)42)41-28-27-39(36-23-12-17-30-13-4-6-18-34(30)36)46-45(41)40-22-10-11-24-43(40)53-46/h1-29H. The molecule has 53 heavy (non-hydrogen) atoms. The van der Waals surface area contributed by atoms with E-state index in [4.69, 9.17) is 19.4 Å². The quantitative estimate of drug-likeness (QED) is 0.174. The summed E-state index contributed by atoms with van der Waals surface area (Å²) in [6.45, 7) is 0. The third kappa shape index (κ3) is 4.66. The van der Waals surface area contributed by atoms with Gasteiger partial charge in [0.15, 0.2) is 17.5 Å². The molecule has 11 aromatic rings. The van der Waals surface area contributed by atoms with E-state index in [1.165, 1.54) is 32.3 Å². The zero-order valence-electron chi connectivity index (χ0n) is 28.5. The van der Waals surface area contributed by atoms with E-state index in [0.29, 0.717) is 17.5 Å². The van der Waals surface area contributed by atoms with E-state index in [-0.39, 0.29) is 0 Å². The zero-order chi connectivity index (χ0) is 34.9. The average molecular weight is 676 g/mol. The SMILES string of the molecule is c1ccc(-c2nc(-c3cc4ccc5ccccc5c4c4ccccc34)nc(-c3ccc(-c4cccc5ccccc45)c4oc5ccccc5c34)n2)cc1. The van der Waals surface area contributed by atoms with Crippen LogP contribution in [0.25, 0.3) is 110 Å². The first kappa shape index (κ1) is 29.5. The maximum atomic E-state index is 6.75. The van der Waals surface area contributed by atoms with Gasteiger partial charge in [-0.1, -0.05) is 152 Å². The molecule has 0 aliphatic carbocycles. The summed E-state index contributed by atoms with van der Waals surface area (Å²) in [4.78, 5) is 15.8. The number of rotatable bonds is 4. The van der Waals surface area contributed by atoms with Crippen molar-refractivity contribution in [3.63, 3.8) is 0 Å². The van der Waals surface area contributed by atoms with Crippen LogP contribution in [0.3, 0.4) is 0 Å². The van der Waals surface area contributed by atoms with Gasteiger partial charge >= 0.3 is 0 Å². The molecule has 0 aliphatic rings. The van der Waals surface area contributed by atoms with E-state index in [0.717, 1.165) is 60.5 Å². The molecule has 0 aliphatic heterocycles. The van der Waals surface area contributed by atoms with Gasteiger partial charge < -0.3 is 4.42 Å². The van der Waals surface area contributed by atoms with Crippen molar-refractivity contribution in [2.45, 2.75) is 0 Å². The molecular formula is C49H29N3O. The molecule has 0 saturated heterocycles. The van der Waals surface area contributed by atoms with Gasteiger partial charge in [-0.15, -0.1) is 0 Å². The maximum Gasteiger partial charge on any atom is 0.164 e. The monoisotopic (exact) mass is 675 g/mol. The van der Waals surface area contributed by atoms with Gasteiger partial charge in [-0.3, -0.25) is 0 Å². The van der Waals surface area contributed by atoms with E-state index in [2.05, 4.69) is 146 Å². The number of hydrogen-bond donors (Lipinski definition) is 0. The Morgan fingerprint density at radius 1 is 0.321 bits per heavy atom. The molecule has 0 bridgehead atoms. The molecule has 0 N–H and O–H groups in total. The molecule has 0 fully saturated rings. The molecule has 2 aromatic heterocycles. The Kier molecular flexibility index (Phi) is 6.52. The van der Waals surface area contributed by atoms with Crippen LogP contribution in [0.1, 0.15) is 0 Å². The molecule has 0 saturated carbocycles. The number of para-hydroxylation sites is 1. The molecule has 9 aromatic carbocycles. The predicted molar refractivity (Wildman–Crippen MR) is 219 cm³/mol. The molecule has 0 amide bonds. The van der Waals surface area contributed by atoms with Gasteiger partial charge in [-0.05, 0) is 72.9 Å². The molecular weight excluding hydrogens is 647 g/mol. The minimum atomic E-state index is 0.595. The highest BCUT2D eigenvalue weighted by molar-refractivity contribution is 6.23. The molecule has 0 spiro atoms. The second-order valence-corrected chi connectivity index (χ2v) is 13.5. The zero-order valence-corrected chi connectivity index (χ0v) is 28.5. The fraction of sp³-hybridized carbons (Fsp3) is 0. The summed E-state index contributed by atoms with van der Waals surface area (Å²) in [5, 5.41) is 11.4. The Bertz CT molecular complexity index is 3230. The third-order valence-electron chi connectivity index (χ3n) is 10.5. The highest BCUT2D eigenvalue weighted by Gasteiger charge is 2.22. The van der Waals surface area contributed by atoms with Gasteiger partial charge in [0, 0.05) is 33.0 Å². The molecule has 2 heterocycles. The van der Waals surface area contributed by atoms with Gasteiger partial charge in [-0.2, -0.15) is 0 Å². The Hall–Kier alpha value is -7.17. The van der Waals surface area contributed by atoms with Crippen molar-refractivity contribution >= 4 is 65.0 Å². The van der Waals surface area contributed by atoms with Crippen molar-refractivity contribution in [2.75, 3.05) is 0 Å². The van der Waals surface area contributed by atoms with Crippen molar-refractivity contribution < 1.29 is 4.42 Å². The topological polar surface area (TPSA) is 51.8 Å². The summed E-state index contributed by atoms with van der Waals surface area (Å²) in [7, 11) is 0. The van der Waals surface area contributed by atoms with Crippen molar-refractivity contribution in [1.29, 1.82) is 0 Å². The van der Waals surface area contributed by atoms with Crippen LogP contribution in [-0.2, 0) is 0 Å². The predicted octanol–water partition coefficient (Wildman–Crippen LogP) is 13.1. The second-order valence-electron chi connectivity index (χ2n) is 13.5. The van der Waals surface area contributed by atoms with Crippen LogP contribution < -0.4 is 0 Å². The lowest BCUT2D eigenvalue weighted by molar-refractivity contribution is 0.670. The molecule has 0 unspecified atom stereocenters. The van der Waals surface area contributed by atoms with E-state index in [1.54, 1.807) is 0 Å². The Morgan fingerprint density at radius 3 is 1.74 bits per heavy atom. The smallest absolute Gasteiger partial charge is 0.164 e. The molecule has 11 rings (SSSR count). The van der Waals surface area contributed by atoms with Gasteiger partial charge in [0.1, 0.15) is 11.2 Å². The normalized spacial score (nSPS) is 11.8. The van der Waals surface area contributed by atoms with Gasteiger partial charge in [0.2, 0.25) is 0 Å². The largest absolute Gasteiger partial charge is 0.455 e. The van der Waals surface area contributed by atoms with Gasteiger partial charge in [-0.25, -0.2) is 15.0 Å². The molecule has 0 radical (unpaired) electrons. The van der Waals surface area contributed by atoms with Crippen LogP contribution in [0, 0.1) is 0 Å². The van der Waals surface area contributed by atoms with Crippen molar-refractivity contribution in [2.24, 2.45) is 0 Å². The number of benzene rings is 9. The van der Waals surface area contributed by atoms with Crippen LogP contribution in [0.4, 0.5) is 0 Å². The lowest BCUT2D eigenvalue weighted by Gasteiger charge is -2.14. The molecule has 246 valence electrons. The average Bonchev–Trinajstić information content (AvgIpc) is 3.63. The van der Waals surface area contributed by atoms with Crippen LogP contribution in [0.15, 0.2) is 180 Å². The Morgan fingerprint density at radius 2 is 0.906 bits per heavy atom. The van der Waals surface area contributed by atoms with E-state index in [9.17, 15) is 0 Å². The number of nitrogens with zero attached hydrogens (tertiary/aromatic N) is 3. The summed E-state index contributed by atoms with van der Waals surface area (Å²) < 4.78 is 6.75. The highest BCUT2D eigenvalue weighted by atomic mass is 16.3. The van der Waals surface area contributed by atoms with E-state index < -0.39 is 0 Å². The summed E-state index contributed by atoms with van der Waals surface area (Å²) in [5.41, 5.74) is 6.56. The fourth-order valence-corrected chi connectivity index (χ4v) is 8.08. The highest BCUT2D eigenvalue weighted by Crippen LogP contribution is 2.44. The first-order valence-corrected chi connectivity index (χ1v) is 17.9. The summed E-state index contributed by atoms with van der Waals surface area (Å²) in [6, 6.07) is 61.5. The minimum absolute atomic E-state index is 0.595. The van der Waals surface area contributed by atoms with Crippen LogP contribution in [0.5, 0.6) is 0 Å². The van der Waals surface area contributed by atoms with Crippen molar-refractivity contribution in [3.05, 3.63) is 176 Å². The van der Waals surface area contributed by atoms with Gasteiger partial charge in [0.05, 0.1) is 0 Å². The third-order valence-corrected chi connectivity index (χ3v) is 10.5. The molecule has 4 nitrogen and oxygen atoms in total. The first-order valence-electron chi connectivity index (χ1n) is 17.9. The van der Waals surface area contributed by atoms with Crippen LogP contribution in [-0.4, -0.2) is 15.0 Å². The second kappa shape index (κ2) is 11.7. The summed E-state index contributed by atoms with van der Waals surface area (Å²) in [6.07, 6.45) is 0. The fourth-order valence-electron chi connectivity index (χ4n) is 8.08. The van der Waals surface area contributed by atoms with E-state index >= 15 is 0 Å². The van der Waals surface area contributed by atoms with Crippen LogP contribution in [0.2, 0.25) is 0 Å². The Balaban J connectivity index is 1.22. The summed E-state index contributed by atoms with van der Waals surface area (Å²) in [5.74, 6) is 1.84. The van der Waals surface area contributed by atoms with Crippen molar-refractivity contribution in [1.82, 2.24) is 15.0 Å². The lowest BCUT2D eigenvalue weighted by Crippen LogP contribution is -2.01. The Labute approximate surface area is 304 Å². The van der Waals surface area contributed by atoms with Crippen LogP contribution >= 0.6 is 0 Å². The lowest BCUT2D eigenvalue weighted by atomic mass is 9.93. The number of furan rings is 1.